The number of amides is 1. The smallest absolute Gasteiger partial charge is 0.253 e. The number of piperazine rings is 1. The van der Waals surface area contributed by atoms with Gasteiger partial charge in [0.1, 0.15) is 5.82 Å². The molecule has 1 heterocycles. The van der Waals surface area contributed by atoms with Gasteiger partial charge in [-0.2, -0.15) is 4.31 Å². The maximum atomic E-state index is 13.0. The van der Waals surface area contributed by atoms with Crippen molar-refractivity contribution >= 4 is 39.1 Å². The van der Waals surface area contributed by atoms with E-state index < -0.39 is 15.8 Å². The second-order valence-corrected chi connectivity index (χ2v) is 8.53. The van der Waals surface area contributed by atoms with Crippen LogP contribution in [0.2, 0.25) is 10.0 Å². The molecule has 0 aromatic heterocycles. The van der Waals surface area contributed by atoms with Crippen LogP contribution in [0, 0.1) is 5.82 Å². The van der Waals surface area contributed by atoms with Crippen molar-refractivity contribution in [2.24, 2.45) is 0 Å². The van der Waals surface area contributed by atoms with E-state index in [-0.39, 0.29) is 47.0 Å². The van der Waals surface area contributed by atoms with Crippen molar-refractivity contribution in [3.05, 3.63) is 63.9 Å². The van der Waals surface area contributed by atoms with Crippen LogP contribution in [0.25, 0.3) is 0 Å². The van der Waals surface area contributed by atoms with Crippen molar-refractivity contribution in [1.29, 1.82) is 0 Å². The molecule has 2 aromatic rings. The summed E-state index contributed by atoms with van der Waals surface area (Å²) in [5, 5.41) is 0.443. The first kappa shape index (κ1) is 19.1. The van der Waals surface area contributed by atoms with Gasteiger partial charge < -0.3 is 4.90 Å². The number of carbonyl (C=O) groups is 1. The molecule has 1 saturated heterocycles. The van der Waals surface area contributed by atoms with E-state index in [4.69, 9.17) is 23.2 Å². The Kier molecular flexibility index (Phi) is 5.53. The number of hydrogen-bond donors (Lipinski definition) is 0. The molecule has 0 spiro atoms. The molecular formula is C17H15Cl2FN2O3S. The lowest BCUT2D eigenvalue weighted by Crippen LogP contribution is -2.50. The van der Waals surface area contributed by atoms with Crippen LogP contribution in [0.1, 0.15) is 10.4 Å². The van der Waals surface area contributed by atoms with Crippen LogP contribution in [0.4, 0.5) is 4.39 Å². The Hall–Kier alpha value is -1.67. The fourth-order valence-electron chi connectivity index (χ4n) is 2.69. The quantitative estimate of drug-likeness (QED) is 0.771. The minimum absolute atomic E-state index is 0.0604. The van der Waals surface area contributed by atoms with Crippen LogP contribution in [-0.2, 0) is 10.0 Å². The highest BCUT2D eigenvalue weighted by atomic mass is 35.5. The second kappa shape index (κ2) is 7.52. The molecule has 1 aliphatic heterocycles. The molecule has 0 atom stereocenters. The first-order chi connectivity index (χ1) is 12.3. The number of rotatable bonds is 3. The largest absolute Gasteiger partial charge is 0.336 e. The highest BCUT2D eigenvalue weighted by Gasteiger charge is 2.30. The minimum atomic E-state index is -3.72. The summed E-state index contributed by atoms with van der Waals surface area (Å²) in [5.41, 5.74) is 0.368. The molecule has 0 aliphatic carbocycles. The number of hydrogen-bond acceptors (Lipinski definition) is 3. The molecule has 5 nitrogen and oxygen atoms in total. The third kappa shape index (κ3) is 3.86. The van der Waals surface area contributed by atoms with Crippen molar-refractivity contribution in [2.45, 2.75) is 4.90 Å². The first-order valence-corrected chi connectivity index (χ1v) is 9.99. The molecule has 1 aliphatic rings. The standard InChI is InChI=1S/C17H15Cl2FN2O3S/c18-15-6-5-14(11-16(15)19)26(24,25)22-9-7-21(8-10-22)17(23)12-1-3-13(20)4-2-12/h1-6,11H,7-10H2. The van der Waals surface area contributed by atoms with E-state index in [1.54, 1.807) is 4.90 Å². The van der Waals surface area contributed by atoms with E-state index in [2.05, 4.69) is 0 Å². The minimum Gasteiger partial charge on any atom is -0.336 e. The fourth-order valence-corrected chi connectivity index (χ4v) is 4.50. The van der Waals surface area contributed by atoms with Crippen LogP contribution in [0.15, 0.2) is 47.4 Å². The van der Waals surface area contributed by atoms with Gasteiger partial charge in [0.2, 0.25) is 10.0 Å². The zero-order valence-electron chi connectivity index (χ0n) is 13.5. The highest BCUT2D eigenvalue weighted by molar-refractivity contribution is 7.89. The van der Waals surface area contributed by atoms with Gasteiger partial charge >= 0.3 is 0 Å². The molecule has 9 heteroatoms. The summed E-state index contributed by atoms with van der Waals surface area (Å²) in [6, 6.07) is 9.42. The Balaban J connectivity index is 1.70. The molecule has 3 rings (SSSR count). The zero-order chi connectivity index (χ0) is 18.9. The maximum Gasteiger partial charge on any atom is 0.253 e. The average Bonchev–Trinajstić information content (AvgIpc) is 2.64. The lowest BCUT2D eigenvalue weighted by atomic mass is 10.2. The van der Waals surface area contributed by atoms with Gasteiger partial charge in [0.15, 0.2) is 0 Å². The molecule has 0 saturated carbocycles. The molecule has 1 amide bonds. The molecular weight excluding hydrogens is 402 g/mol. The van der Waals surface area contributed by atoms with Crippen LogP contribution < -0.4 is 0 Å². The normalized spacial score (nSPS) is 15.9. The number of halogens is 3. The summed E-state index contributed by atoms with van der Waals surface area (Å²) < 4.78 is 39.7. The summed E-state index contributed by atoms with van der Waals surface area (Å²) in [6.45, 7) is 0.818. The Morgan fingerprint density at radius 1 is 0.923 bits per heavy atom. The Labute approximate surface area is 161 Å². The summed E-state index contributed by atoms with van der Waals surface area (Å²) in [7, 11) is -3.72. The third-order valence-corrected chi connectivity index (χ3v) is 6.78. The van der Waals surface area contributed by atoms with Crippen molar-refractivity contribution in [1.82, 2.24) is 9.21 Å². The molecule has 0 bridgehead atoms. The van der Waals surface area contributed by atoms with Crippen LogP contribution >= 0.6 is 23.2 Å². The van der Waals surface area contributed by atoms with Crippen molar-refractivity contribution in [3.63, 3.8) is 0 Å². The van der Waals surface area contributed by atoms with Gasteiger partial charge in [-0.1, -0.05) is 23.2 Å². The van der Waals surface area contributed by atoms with Crippen LogP contribution in [0.3, 0.4) is 0 Å². The topological polar surface area (TPSA) is 57.7 Å². The van der Waals surface area contributed by atoms with Gasteiger partial charge in [-0.25, -0.2) is 12.8 Å². The molecule has 0 unspecified atom stereocenters. The molecule has 2 aromatic carbocycles. The van der Waals surface area contributed by atoms with Gasteiger partial charge in [-0.3, -0.25) is 4.79 Å². The summed E-state index contributed by atoms with van der Waals surface area (Å²) in [5.74, 6) is -0.671. The average molecular weight is 417 g/mol. The number of sulfonamides is 1. The number of carbonyl (C=O) groups excluding carboxylic acids is 1. The Bertz CT molecular complexity index is 928. The van der Waals surface area contributed by atoms with Crippen molar-refractivity contribution in [2.75, 3.05) is 26.2 Å². The number of nitrogens with zero attached hydrogens (tertiary/aromatic N) is 2. The van der Waals surface area contributed by atoms with E-state index in [0.717, 1.165) is 0 Å². The highest BCUT2D eigenvalue weighted by Crippen LogP contribution is 2.27. The molecule has 0 radical (unpaired) electrons. The van der Waals surface area contributed by atoms with Gasteiger partial charge in [-0.05, 0) is 42.5 Å². The molecule has 1 fully saturated rings. The van der Waals surface area contributed by atoms with E-state index in [1.165, 1.54) is 46.8 Å². The van der Waals surface area contributed by atoms with Crippen LogP contribution in [0.5, 0.6) is 0 Å². The van der Waals surface area contributed by atoms with Gasteiger partial charge in [0.25, 0.3) is 5.91 Å². The molecule has 138 valence electrons. The van der Waals surface area contributed by atoms with E-state index in [9.17, 15) is 17.6 Å². The Morgan fingerprint density at radius 3 is 2.12 bits per heavy atom. The predicted molar refractivity (Wildman–Crippen MR) is 97.5 cm³/mol. The van der Waals surface area contributed by atoms with E-state index in [0.29, 0.717) is 5.56 Å². The fraction of sp³-hybridized carbons (Fsp3) is 0.235. The summed E-state index contributed by atoms with van der Waals surface area (Å²) >= 11 is 11.7. The lowest BCUT2D eigenvalue weighted by molar-refractivity contribution is 0.0698. The van der Waals surface area contributed by atoms with Crippen LogP contribution in [-0.4, -0.2) is 49.7 Å². The SMILES string of the molecule is O=C(c1ccc(F)cc1)N1CCN(S(=O)(=O)c2ccc(Cl)c(Cl)c2)CC1. The first-order valence-electron chi connectivity index (χ1n) is 7.79. The van der Waals surface area contributed by atoms with Gasteiger partial charge in [0, 0.05) is 31.7 Å². The maximum absolute atomic E-state index is 13.0. The third-order valence-electron chi connectivity index (χ3n) is 4.15. The van der Waals surface area contributed by atoms with Crippen molar-refractivity contribution < 1.29 is 17.6 Å². The second-order valence-electron chi connectivity index (χ2n) is 5.78. The predicted octanol–water partition coefficient (Wildman–Crippen LogP) is 3.28. The van der Waals surface area contributed by atoms with E-state index >= 15 is 0 Å². The summed E-state index contributed by atoms with van der Waals surface area (Å²) in [4.78, 5) is 14.0. The van der Waals surface area contributed by atoms with Crippen molar-refractivity contribution in [3.8, 4) is 0 Å². The van der Waals surface area contributed by atoms with E-state index in [1.807, 2.05) is 0 Å². The Morgan fingerprint density at radius 2 is 1.54 bits per heavy atom. The summed E-state index contributed by atoms with van der Waals surface area (Å²) in [6.07, 6.45) is 0. The van der Waals surface area contributed by atoms with Gasteiger partial charge in [0.05, 0.1) is 14.9 Å². The lowest BCUT2D eigenvalue weighted by Gasteiger charge is -2.34. The van der Waals surface area contributed by atoms with Gasteiger partial charge in [-0.15, -0.1) is 0 Å². The molecule has 0 N–H and O–H groups in total. The molecule has 26 heavy (non-hydrogen) atoms. The monoisotopic (exact) mass is 416 g/mol. The number of benzene rings is 2. The zero-order valence-corrected chi connectivity index (χ0v) is 15.9.